The van der Waals surface area contributed by atoms with Crippen LogP contribution in [0.3, 0.4) is 0 Å². The van der Waals surface area contributed by atoms with E-state index in [-0.39, 0.29) is 29.5 Å². The lowest BCUT2D eigenvalue weighted by atomic mass is 9.84. The molecule has 0 saturated heterocycles. The summed E-state index contributed by atoms with van der Waals surface area (Å²) in [5.74, 6) is 0.0555. The molecule has 1 amide bonds. The molecule has 0 fully saturated rings. The Morgan fingerprint density at radius 2 is 2.03 bits per heavy atom. The number of amides is 1. The van der Waals surface area contributed by atoms with Gasteiger partial charge in [-0.3, -0.25) is 19.7 Å². The summed E-state index contributed by atoms with van der Waals surface area (Å²) < 4.78 is 6.23. The zero-order chi connectivity index (χ0) is 22.3. The molecule has 0 saturated carbocycles. The van der Waals surface area contributed by atoms with Crippen molar-refractivity contribution in [2.45, 2.75) is 64.0 Å². The molecule has 4 rings (SSSR count). The average Bonchev–Trinajstić information content (AvgIpc) is 3.17. The number of Topliss-reactive ketones (excluding diaryl/α,β-unsaturated/α-hetero) is 1. The van der Waals surface area contributed by atoms with E-state index in [0.717, 1.165) is 18.4 Å². The van der Waals surface area contributed by atoms with Crippen molar-refractivity contribution in [3.63, 3.8) is 0 Å². The third kappa shape index (κ3) is 3.19. The molecule has 1 aliphatic heterocycles. The van der Waals surface area contributed by atoms with Crippen LogP contribution in [0.15, 0.2) is 36.4 Å². The second-order valence-electron chi connectivity index (χ2n) is 8.55. The first-order valence-electron chi connectivity index (χ1n) is 10.8. The molecule has 1 heterocycles. The fourth-order valence-electron chi connectivity index (χ4n) is 4.60. The summed E-state index contributed by atoms with van der Waals surface area (Å²) in [5.41, 5.74) is 0.319. The molecule has 2 atom stereocenters. The summed E-state index contributed by atoms with van der Waals surface area (Å²) in [7, 11) is 0. The Labute approximate surface area is 180 Å². The van der Waals surface area contributed by atoms with Crippen LogP contribution < -0.4 is 10.1 Å². The van der Waals surface area contributed by atoms with E-state index < -0.39 is 22.3 Å². The molecule has 2 unspecified atom stereocenters. The lowest BCUT2D eigenvalue weighted by molar-refractivity contribution is -0.385. The number of hydrogen-bond donors (Lipinski definition) is 1. The van der Waals surface area contributed by atoms with Crippen LogP contribution in [0.1, 0.15) is 85.5 Å². The van der Waals surface area contributed by atoms with Gasteiger partial charge in [0.05, 0.1) is 4.92 Å². The van der Waals surface area contributed by atoms with Crippen LogP contribution in [0.5, 0.6) is 5.75 Å². The molecule has 162 valence electrons. The Balaban J connectivity index is 1.84. The minimum atomic E-state index is -1.48. The largest absolute Gasteiger partial charge is 0.482 e. The lowest BCUT2D eigenvalue weighted by Crippen LogP contribution is -2.51. The molecular formula is C24H26N2O5. The first-order valence-corrected chi connectivity index (χ1v) is 10.8. The van der Waals surface area contributed by atoms with Gasteiger partial charge in [-0.25, -0.2) is 0 Å². The molecule has 0 bridgehead atoms. The van der Waals surface area contributed by atoms with E-state index in [2.05, 4.69) is 26.1 Å². The lowest BCUT2D eigenvalue weighted by Gasteiger charge is -2.28. The maximum Gasteiger partial charge on any atom is 0.280 e. The first-order chi connectivity index (χ1) is 14.8. The molecule has 1 N–H and O–H groups in total. The number of unbranched alkanes of at least 4 members (excludes halogenated alkanes) is 2. The molecule has 7 nitrogen and oxygen atoms in total. The molecule has 1 aliphatic carbocycles. The number of carbonyl (C=O) groups is 2. The molecule has 0 aromatic heterocycles. The van der Waals surface area contributed by atoms with Gasteiger partial charge < -0.3 is 10.1 Å². The van der Waals surface area contributed by atoms with E-state index >= 15 is 0 Å². The fourth-order valence-corrected chi connectivity index (χ4v) is 4.60. The van der Waals surface area contributed by atoms with Gasteiger partial charge in [-0.2, -0.15) is 0 Å². The van der Waals surface area contributed by atoms with Crippen LogP contribution in [0.25, 0.3) is 0 Å². The van der Waals surface area contributed by atoms with Gasteiger partial charge in [-0.1, -0.05) is 57.9 Å². The zero-order valence-corrected chi connectivity index (χ0v) is 17.9. The number of nitrogens with zero attached hydrogens (tertiary/aromatic N) is 1. The summed E-state index contributed by atoms with van der Waals surface area (Å²) in [4.78, 5) is 37.7. The van der Waals surface area contributed by atoms with Gasteiger partial charge in [0.1, 0.15) is 11.3 Å². The highest BCUT2D eigenvalue weighted by molar-refractivity contribution is 6.14. The number of nitrogens with one attached hydrogen (secondary N) is 1. The number of carbonyl (C=O) groups excluding carboxylic acids is 2. The van der Waals surface area contributed by atoms with Gasteiger partial charge in [0.25, 0.3) is 5.69 Å². The van der Waals surface area contributed by atoms with Crippen molar-refractivity contribution >= 4 is 17.4 Å². The number of hydrogen-bond acceptors (Lipinski definition) is 5. The Morgan fingerprint density at radius 3 is 2.71 bits per heavy atom. The number of rotatable bonds is 7. The van der Waals surface area contributed by atoms with Gasteiger partial charge in [0, 0.05) is 23.6 Å². The predicted octanol–water partition coefficient (Wildman–Crippen LogP) is 4.94. The van der Waals surface area contributed by atoms with Crippen molar-refractivity contribution in [1.29, 1.82) is 0 Å². The number of ketones is 1. The summed E-state index contributed by atoms with van der Waals surface area (Å²) in [6, 6.07) is 10.2. The predicted molar refractivity (Wildman–Crippen MR) is 115 cm³/mol. The highest BCUT2D eigenvalue weighted by atomic mass is 16.6. The van der Waals surface area contributed by atoms with Crippen LogP contribution in [0.2, 0.25) is 0 Å². The first kappa shape index (κ1) is 21.0. The van der Waals surface area contributed by atoms with Gasteiger partial charge in [0.15, 0.2) is 11.6 Å². The second-order valence-corrected chi connectivity index (χ2v) is 8.55. The Bertz CT molecular complexity index is 1080. The van der Waals surface area contributed by atoms with Gasteiger partial charge >= 0.3 is 0 Å². The monoisotopic (exact) mass is 422 g/mol. The quantitative estimate of drug-likeness (QED) is 0.387. The van der Waals surface area contributed by atoms with Crippen molar-refractivity contribution < 1.29 is 19.2 Å². The molecule has 7 heteroatoms. The van der Waals surface area contributed by atoms with Crippen LogP contribution in [0.4, 0.5) is 5.69 Å². The van der Waals surface area contributed by atoms with E-state index in [0.29, 0.717) is 23.3 Å². The molecule has 2 aromatic carbocycles. The van der Waals surface area contributed by atoms with Crippen molar-refractivity contribution in [3.8, 4) is 5.75 Å². The van der Waals surface area contributed by atoms with E-state index in [1.54, 1.807) is 12.1 Å². The molecule has 0 radical (unpaired) electrons. The minimum Gasteiger partial charge on any atom is -0.482 e. The topological polar surface area (TPSA) is 98.5 Å². The Kier molecular flexibility index (Phi) is 5.29. The normalized spacial score (nSPS) is 20.8. The number of nitro groups is 1. The number of ether oxygens (including phenoxy) is 1. The highest BCUT2D eigenvalue weighted by Gasteiger charge is 2.63. The Morgan fingerprint density at radius 1 is 1.26 bits per heavy atom. The van der Waals surface area contributed by atoms with E-state index in [9.17, 15) is 19.7 Å². The number of benzene rings is 2. The number of fused-ring (bicyclic) bond motifs is 5. The molecule has 31 heavy (non-hydrogen) atoms. The van der Waals surface area contributed by atoms with Gasteiger partial charge in [-0.05, 0) is 24.0 Å². The summed E-state index contributed by atoms with van der Waals surface area (Å²) in [6.07, 6.45) is 2.05. The van der Waals surface area contributed by atoms with Gasteiger partial charge in [-0.15, -0.1) is 0 Å². The minimum absolute atomic E-state index is 0.0185. The molecule has 2 aromatic rings. The zero-order valence-electron chi connectivity index (χ0n) is 17.9. The van der Waals surface area contributed by atoms with Gasteiger partial charge in [0.2, 0.25) is 11.7 Å². The third-order valence-electron chi connectivity index (χ3n) is 6.22. The summed E-state index contributed by atoms with van der Waals surface area (Å²) in [6.45, 7) is 6.18. The maximum atomic E-state index is 13.8. The van der Waals surface area contributed by atoms with Crippen LogP contribution in [0, 0.1) is 10.1 Å². The van der Waals surface area contributed by atoms with Crippen LogP contribution in [-0.4, -0.2) is 16.6 Å². The van der Waals surface area contributed by atoms with Crippen molar-refractivity contribution in [2.75, 3.05) is 0 Å². The second kappa shape index (κ2) is 7.80. The molecule has 0 spiro atoms. The molecule has 2 aliphatic rings. The standard InChI is InChI=1S/C24H26N2O5/c1-4-5-6-10-20(27)25-24-17-12-11-15(14(2)3)13-19(17)31-23(24)16-8-7-9-18(26(29)30)21(16)22(24)28/h7-9,11-14,23H,4-6,10H2,1-3H3,(H,25,27). The summed E-state index contributed by atoms with van der Waals surface area (Å²) >= 11 is 0. The highest BCUT2D eigenvalue weighted by Crippen LogP contribution is 2.57. The Hall–Kier alpha value is -3.22. The van der Waals surface area contributed by atoms with Crippen molar-refractivity contribution in [1.82, 2.24) is 5.32 Å². The fraction of sp³-hybridized carbons (Fsp3) is 0.417. The molecular weight excluding hydrogens is 396 g/mol. The van der Waals surface area contributed by atoms with Crippen LogP contribution >= 0.6 is 0 Å². The average molecular weight is 422 g/mol. The van der Waals surface area contributed by atoms with E-state index in [1.807, 2.05) is 18.2 Å². The SMILES string of the molecule is CCCCCC(=O)NC12C(=O)c3c(cccc3[N+](=O)[O-])C1Oc1cc(C(C)C)ccc12. The maximum absolute atomic E-state index is 13.8. The van der Waals surface area contributed by atoms with Crippen LogP contribution in [-0.2, 0) is 10.3 Å². The van der Waals surface area contributed by atoms with Crippen molar-refractivity contribution in [2.24, 2.45) is 0 Å². The number of nitro benzene ring substituents is 1. The summed E-state index contributed by atoms with van der Waals surface area (Å²) in [5, 5.41) is 14.6. The third-order valence-corrected chi connectivity index (χ3v) is 6.22. The van der Waals surface area contributed by atoms with E-state index in [1.165, 1.54) is 6.07 Å². The van der Waals surface area contributed by atoms with E-state index in [4.69, 9.17) is 4.74 Å². The van der Waals surface area contributed by atoms with Crippen molar-refractivity contribution in [3.05, 3.63) is 68.8 Å². The smallest absolute Gasteiger partial charge is 0.280 e.